The lowest BCUT2D eigenvalue weighted by Crippen LogP contribution is -2.41. The average molecular weight is 498 g/mol. The Bertz CT molecular complexity index is 1430. The van der Waals surface area contributed by atoms with Gasteiger partial charge in [-0.05, 0) is 71.1 Å². The summed E-state index contributed by atoms with van der Waals surface area (Å²) < 4.78 is 29.2. The Kier molecular flexibility index (Phi) is 6.52. The van der Waals surface area contributed by atoms with Crippen LogP contribution >= 0.6 is 11.6 Å². The fourth-order valence-electron chi connectivity index (χ4n) is 2.89. The number of sulfonamides is 1. The lowest BCUT2D eigenvalue weighted by atomic mass is 10.2. The number of halogens is 1. The minimum Gasteiger partial charge on any atom is -0.279 e. The van der Waals surface area contributed by atoms with Crippen molar-refractivity contribution in [1.82, 2.24) is 31.1 Å². The van der Waals surface area contributed by atoms with Crippen molar-refractivity contribution in [1.29, 1.82) is 0 Å². The molecule has 34 heavy (non-hydrogen) atoms. The molecule has 0 saturated carbocycles. The maximum Gasteiger partial charge on any atom is 0.271 e. The third-order valence-corrected chi connectivity index (χ3v) is 6.21. The third kappa shape index (κ3) is 5.19. The molecule has 0 aliphatic carbocycles. The second-order valence-corrected chi connectivity index (χ2v) is 8.93. The topological polar surface area (TPSA) is 148 Å². The highest BCUT2D eigenvalue weighted by Gasteiger charge is 2.19. The molecule has 0 bridgehead atoms. The van der Waals surface area contributed by atoms with E-state index in [0.717, 1.165) is 0 Å². The van der Waals surface area contributed by atoms with E-state index in [1.165, 1.54) is 59.5 Å². The Hall–Kier alpha value is -4.29. The van der Waals surface area contributed by atoms with Gasteiger partial charge in [-0.25, -0.2) is 13.1 Å². The highest BCUT2D eigenvalue weighted by atomic mass is 35.5. The lowest BCUT2D eigenvalue weighted by Gasteiger charge is -2.13. The zero-order valence-electron chi connectivity index (χ0n) is 17.2. The van der Waals surface area contributed by atoms with Crippen molar-refractivity contribution in [3.8, 4) is 5.69 Å². The van der Waals surface area contributed by atoms with Gasteiger partial charge < -0.3 is 0 Å². The quantitative estimate of drug-likeness (QED) is 0.346. The molecular weight excluding hydrogens is 482 g/mol. The van der Waals surface area contributed by atoms with Crippen molar-refractivity contribution >= 4 is 39.1 Å². The molecule has 11 nitrogen and oxygen atoms in total. The van der Waals surface area contributed by atoms with Gasteiger partial charge in [0.25, 0.3) is 21.8 Å². The second-order valence-electron chi connectivity index (χ2n) is 6.81. The van der Waals surface area contributed by atoms with E-state index in [1.807, 2.05) is 0 Å². The van der Waals surface area contributed by atoms with Crippen molar-refractivity contribution in [2.45, 2.75) is 4.90 Å². The molecule has 3 aromatic carbocycles. The molecule has 0 fully saturated rings. The molecule has 0 aliphatic rings. The molecule has 0 spiro atoms. The third-order valence-electron chi connectivity index (χ3n) is 4.57. The van der Waals surface area contributed by atoms with Crippen LogP contribution in [0.3, 0.4) is 0 Å². The van der Waals surface area contributed by atoms with E-state index >= 15 is 0 Å². The smallest absolute Gasteiger partial charge is 0.271 e. The van der Waals surface area contributed by atoms with Crippen LogP contribution < -0.4 is 15.6 Å². The van der Waals surface area contributed by atoms with Gasteiger partial charge in [-0.1, -0.05) is 23.7 Å². The molecule has 0 atom stereocenters. The van der Waals surface area contributed by atoms with Crippen LogP contribution in [0, 0.1) is 0 Å². The summed E-state index contributed by atoms with van der Waals surface area (Å²) in [6.07, 6.45) is 1.41. The highest BCUT2D eigenvalue weighted by molar-refractivity contribution is 7.92. The summed E-state index contributed by atoms with van der Waals surface area (Å²) in [7, 11) is -3.98. The van der Waals surface area contributed by atoms with Gasteiger partial charge in [0.2, 0.25) is 0 Å². The number of anilines is 1. The predicted octanol–water partition coefficient (Wildman–Crippen LogP) is 2.19. The number of aromatic nitrogens is 4. The number of para-hydroxylation sites is 1. The number of nitrogens with zero attached hydrogens (tertiary/aromatic N) is 4. The number of hydrazine groups is 1. The standard InChI is InChI=1S/C21H16ClN7O4S/c22-15-7-11-17(12-8-15)34(32,33)26-19-4-2-1-3-18(19)21(31)25-24-20(30)14-5-9-16(10-6-14)29-13-23-27-28-29/h1-13,26H,(H,24,30)(H,25,31). The zero-order chi connectivity index (χ0) is 24.1. The van der Waals surface area contributed by atoms with Gasteiger partial charge in [-0.2, -0.15) is 0 Å². The summed E-state index contributed by atoms with van der Waals surface area (Å²) >= 11 is 5.81. The largest absolute Gasteiger partial charge is 0.279 e. The van der Waals surface area contributed by atoms with Crippen molar-refractivity contribution < 1.29 is 18.0 Å². The van der Waals surface area contributed by atoms with E-state index in [-0.39, 0.29) is 21.7 Å². The molecule has 4 rings (SSSR count). The summed E-state index contributed by atoms with van der Waals surface area (Å²) in [6.45, 7) is 0. The lowest BCUT2D eigenvalue weighted by molar-refractivity contribution is 0.0847. The van der Waals surface area contributed by atoms with Crippen LogP contribution in [0.25, 0.3) is 5.69 Å². The van der Waals surface area contributed by atoms with Crippen molar-refractivity contribution in [2.75, 3.05) is 4.72 Å². The van der Waals surface area contributed by atoms with Crippen LogP contribution in [0.5, 0.6) is 0 Å². The summed E-state index contributed by atoms with van der Waals surface area (Å²) in [6, 6.07) is 17.9. The first-order valence-corrected chi connectivity index (χ1v) is 11.5. The van der Waals surface area contributed by atoms with E-state index < -0.39 is 21.8 Å². The Labute approximate surface area is 198 Å². The maximum atomic E-state index is 12.7. The number of carbonyl (C=O) groups excluding carboxylic acids is 2. The first-order chi connectivity index (χ1) is 16.3. The van der Waals surface area contributed by atoms with Crippen molar-refractivity contribution in [3.63, 3.8) is 0 Å². The number of benzene rings is 3. The summed E-state index contributed by atoms with van der Waals surface area (Å²) in [5.41, 5.74) is 5.55. The average Bonchev–Trinajstić information content (AvgIpc) is 3.38. The Morgan fingerprint density at radius 1 is 0.853 bits per heavy atom. The van der Waals surface area contributed by atoms with Crippen molar-refractivity contribution in [3.05, 3.63) is 95.3 Å². The van der Waals surface area contributed by atoms with Crippen LogP contribution in [-0.4, -0.2) is 40.4 Å². The molecule has 0 radical (unpaired) electrons. The fourth-order valence-corrected chi connectivity index (χ4v) is 4.09. The molecule has 0 aliphatic heterocycles. The van der Waals surface area contributed by atoms with Crippen LogP contribution in [0.15, 0.2) is 84.0 Å². The predicted molar refractivity (Wildman–Crippen MR) is 123 cm³/mol. The Morgan fingerprint density at radius 2 is 1.53 bits per heavy atom. The molecule has 172 valence electrons. The molecule has 1 aromatic heterocycles. The van der Waals surface area contributed by atoms with Gasteiger partial charge in [0.05, 0.1) is 21.8 Å². The maximum absolute atomic E-state index is 12.7. The fraction of sp³-hybridized carbons (Fsp3) is 0. The van der Waals surface area contributed by atoms with Crippen LogP contribution in [0.4, 0.5) is 5.69 Å². The number of tetrazole rings is 1. The SMILES string of the molecule is O=C(NNC(=O)c1ccccc1NS(=O)(=O)c1ccc(Cl)cc1)c1ccc(-n2cnnn2)cc1. The molecule has 0 saturated heterocycles. The molecule has 0 unspecified atom stereocenters. The minimum atomic E-state index is -3.98. The van der Waals surface area contributed by atoms with Crippen molar-refractivity contribution in [2.24, 2.45) is 0 Å². The summed E-state index contributed by atoms with van der Waals surface area (Å²) in [4.78, 5) is 25.1. The molecule has 1 heterocycles. The summed E-state index contributed by atoms with van der Waals surface area (Å²) in [5, 5.41) is 11.2. The highest BCUT2D eigenvalue weighted by Crippen LogP contribution is 2.21. The van der Waals surface area contributed by atoms with Gasteiger partial charge >= 0.3 is 0 Å². The van der Waals surface area contributed by atoms with Gasteiger partial charge in [-0.3, -0.25) is 25.2 Å². The molecule has 3 N–H and O–H groups in total. The number of rotatable bonds is 6. The summed E-state index contributed by atoms with van der Waals surface area (Å²) in [5.74, 6) is -1.29. The van der Waals surface area contributed by atoms with Gasteiger partial charge in [0, 0.05) is 10.6 Å². The van der Waals surface area contributed by atoms with Gasteiger partial charge in [0.1, 0.15) is 6.33 Å². The number of carbonyl (C=O) groups is 2. The number of amides is 2. The van der Waals surface area contributed by atoms with Gasteiger partial charge in [0.15, 0.2) is 0 Å². The van der Waals surface area contributed by atoms with Crippen LogP contribution in [0.2, 0.25) is 5.02 Å². The second kappa shape index (κ2) is 9.68. The Morgan fingerprint density at radius 3 is 2.21 bits per heavy atom. The number of hydrogen-bond acceptors (Lipinski definition) is 7. The molecular formula is C21H16ClN7O4S. The van der Waals surface area contributed by atoms with E-state index in [1.54, 1.807) is 24.3 Å². The zero-order valence-corrected chi connectivity index (χ0v) is 18.8. The first-order valence-electron chi connectivity index (χ1n) is 9.65. The van der Waals surface area contributed by atoms with Crippen LogP contribution in [0.1, 0.15) is 20.7 Å². The van der Waals surface area contributed by atoms with E-state index in [2.05, 4.69) is 31.1 Å². The molecule has 4 aromatic rings. The monoisotopic (exact) mass is 497 g/mol. The minimum absolute atomic E-state index is 0.00867. The van der Waals surface area contributed by atoms with E-state index in [9.17, 15) is 18.0 Å². The van der Waals surface area contributed by atoms with Crippen LogP contribution in [-0.2, 0) is 10.0 Å². The van der Waals surface area contributed by atoms with Gasteiger partial charge in [-0.15, -0.1) is 5.10 Å². The van der Waals surface area contributed by atoms with E-state index in [4.69, 9.17) is 11.6 Å². The first kappa shape index (κ1) is 22.9. The Balaban J connectivity index is 1.43. The number of nitrogens with one attached hydrogen (secondary N) is 3. The molecule has 2 amide bonds. The normalized spacial score (nSPS) is 11.0. The molecule has 13 heteroatoms. The number of hydrogen-bond donors (Lipinski definition) is 3. The van der Waals surface area contributed by atoms with E-state index in [0.29, 0.717) is 10.7 Å².